The summed E-state index contributed by atoms with van der Waals surface area (Å²) in [5.74, 6) is 0. The Labute approximate surface area is 108 Å². The monoisotopic (exact) mass is 248 g/mol. The average Bonchev–Trinajstić information content (AvgIpc) is 2.73. The molecule has 0 amide bonds. The second kappa shape index (κ2) is 6.14. The summed E-state index contributed by atoms with van der Waals surface area (Å²) in [7, 11) is 1.69. The first-order valence-corrected chi connectivity index (χ1v) is 6.22. The summed E-state index contributed by atoms with van der Waals surface area (Å²) in [6.07, 6.45) is 1.57. The van der Waals surface area contributed by atoms with Crippen LogP contribution in [-0.2, 0) is 20.8 Å². The molecule has 1 aliphatic rings. The number of ether oxygens (including phenoxy) is 3. The van der Waals surface area contributed by atoms with Crippen molar-refractivity contribution >= 4 is 0 Å². The van der Waals surface area contributed by atoms with Crippen LogP contribution in [0.25, 0.3) is 0 Å². The molecule has 0 saturated carbocycles. The summed E-state index contributed by atoms with van der Waals surface area (Å²) in [5, 5.41) is 0. The molecular weight excluding hydrogens is 228 g/mol. The zero-order chi connectivity index (χ0) is 13.0. The quantitative estimate of drug-likeness (QED) is 0.750. The molecule has 1 saturated heterocycles. The lowest BCUT2D eigenvalue weighted by atomic mass is 10.1. The smallest absolute Gasteiger partial charge is 0.116 e. The van der Waals surface area contributed by atoms with E-state index in [9.17, 15) is 0 Å². The number of rotatable bonds is 5. The number of hydrogen-bond acceptors (Lipinski definition) is 3. The summed E-state index contributed by atoms with van der Waals surface area (Å²) < 4.78 is 17.2. The van der Waals surface area contributed by atoms with Gasteiger partial charge < -0.3 is 14.2 Å². The Kier molecular flexibility index (Phi) is 4.53. The van der Waals surface area contributed by atoms with Gasteiger partial charge in [0.15, 0.2) is 0 Å². The van der Waals surface area contributed by atoms with Gasteiger partial charge in [-0.05, 0) is 12.5 Å². The molecule has 0 unspecified atom stereocenters. The van der Waals surface area contributed by atoms with Crippen LogP contribution < -0.4 is 0 Å². The van der Waals surface area contributed by atoms with E-state index in [0.29, 0.717) is 6.61 Å². The van der Waals surface area contributed by atoms with E-state index in [4.69, 9.17) is 14.2 Å². The van der Waals surface area contributed by atoms with Crippen LogP contribution in [0.15, 0.2) is 43.0 Å². The van der Waals surface area contributed by atoms with Crippen molar-refractivity contribution in [3.63, 3.8) is 0 Å². The minimum Gasteiger partial charge on any atom is -0.376 e. The van der Waals surface area contributed by atoms with Crippen molar-refractivity contribution in [1.29, 1.82) is 0 Å². The lowest BCUT2D eigenvalue weighted by Gasteiger charge is -2.21. The Hall–Kier alpha value is -1.16. The van der Waals surface area contributed by atoms with Gasteiger partial charge in [-0.25, -0.2) is 0 Å². The Morgan fingerprint density at radius 1 is 1.28 bits per heavy atom. The summed E-state index contributed by atoms with van der Waals surface area (Å²) in [5.41, 5.74) is 1.15. The first kappa shape index (κ1) is 13.3. The summed E-state index contributed by atoms with van der Waals surface area (Å²) in [6.45, 7) is 6.35. The highest BCUT2D eigenvalue weighted by Gasteiger charge is 2.41. The first-order chi connectivity index (χ1) is 8.76. The van der Waals surface area contributed by atoms with Crippen LogP contribution in [-0.4, -0.2) is 31.5 Å². The second-order valence-electron chi connectivity index (χ2n) is 4.50. The molecule has 0 aliphatic carbocycles. The van der Waals surface area contributed by atoms with Crippen LogP contribution in [0.4, 0.5) is 0 Å². The van der Waals surface area contributed by atoms with E-state index in [1.807, 2.05) is 37.3 Å². The van der Waals surface area contributed by atoms with Gasteiger partial charge in [-0.3, -0.25) is 0 Å². The Morgan fingerprint density at radius 3 is 2.61 bits per heavy atom. The Balaban J connectivity index is 1.99. The minimum absolute atomic E-state index is 0.0266. The summed E-state index contributed by atoms with van der Waals surface area (Å²) >= 11 is 0. The van der Waals surface area contributed by atoms with E-state index in [1.54, 1.807) is 13.2 Å². The molecule has 18 heavy (non-hydrogen) atoms. The first-order valence-electron chi connectivity index (χ1n) is 6.22. The molecule has 0 aromatic heterocycles. The van der Waals surface area contributed by atoms with Gasteiger partial charge in [0.1, 0.15) is 18.3 Å². The molecule has 0 radical (unpaired) electrons. The molecule has 1 fully saturated rings. The van der Waals surface area contributed by atoms with Gasteiger partial charge in [0.05, 0.1) is 12.7 Å². The highest BCUT2D eigenvalue weighted by molar-refractivity contribution is 5.13. The van der Waals surface area contributed by atoms with Crippen LogP contribution in [0.1, 0.15) is 12.5 Å². The van der Waals surface area contributed by atoms with Crippen molar-refractivity contribution < 1.29 is 14.2 Å². The molecule has 0 spiro atoms. The SMILES string of the molecule is C=C[C@@H]1O[C@H](C)[C@H](OC)[C@H]1OCc1ccccc1. The molecule has 1 heterocycles. The van der Waals surface area contributed by atoms with Crippen LogP contribution >= 0.6 is 0 Å². The maximum atomic E-state index is 5.95. The third-order valence-electron chi connectivity index (χ3n) is 3.27. The largest absolute Gasteiger partial charge is 0.376 e. The van der Waals surface area contributed by atoms with Crippen molar-refractivity contribution in [3.8, 4) is 0 Å². The molecule has 3 nitrogen and oxygen atoms in total. The highest BCUT2D eigenvalue weighted by atomic mass is 16.6. The van der Waals surface area contributed by atoms with Crippen molar-refractivity contribution in [2.45, 2.75) is 37.9 Å². The predicted molar refractivity (Wildman–Crippen MR) is 70.3 cm³/mol. The standard InChI is InChI=1S/C15H20O3/c1-4-13-15(14(16-3)11(2)18-13)17-10-12-8-6-5-7-9-12/h4-9,11,13-15H,1,10H2,2-3H3/t11-,13+,14+,15+/m1/s1. The molecule has 1 aliphatic heterocycles. The lowest BCUT2D eigenvalue weighted by molar-refractivity contribution is -0.0509. The van der Waals surface area contributed by atoms with E-state index in [-0.39, 0.29) is 24.4 Å². The zero-order valence-electron chi connectivity index (χ0n) is 10.9. The predicted octanol–water partition coefficient (Wildman–Crippen LogP) is 2.56. The molecule has 4 atom stereocenters. The number of hydrogen-bond donors (Lipinski definition) is 0. The molecule has 1 aromatic carbocycles. The minimum atomic E-state index is -0.103. The van der Waals surface area contributed by atoms with Crippen LogP contribution in [0.3, 0.4) is 0 Å². The fraction of sp³-hybridized carbons (Fsp3) is 0.467. The fourth-order valence-electron chi connectivity index (χ4n) is 2.33. The third kappa shape index (κ3) is 2.80. The van der Waals surface area contributed by atoms with Gasteiger partial charge in [0.2, 0.25) is 0 Å². The van der Waals surface area contributed by atoms with Crippen molar-refractivity contribution in [3.05, 3.63) is 48.6 Å². The Bertz CT molecular complexity index is 377. The average molecular weight is 248 g/mol. The molecule has 98 valence electrons. The summed E-state index contributed by atoms with van der Waals surface area (Å²) in [4.78, 5) is 0. The zero-order valence-corrected chi connectivity index (χ0v) is 10.9. The Morgan fingerprint density at radius 2 is 2.00 bits per heavy atom. The lowest BCUT2D eigenvalue weighted by Crippen LogP contribution is -2.35. The summed E-state index contributed by atoms with van der Waals surface area (Å²) in [6, 6.07) is 10.1. The molecule has 0 bridgehead atoms. The molecule has 1 aromatic rings. The van der Waals surface area contributed by atoms with Crippen molar-refractivity contribution in [2.24, 2.45) is 0 Å². The van der Waals surface area contributed by atoms with Crippen LogP contribution in [0, 0.1) is 0 Å². The van der Waals surface area contributed by atoms with Gasteiger partial charge in [-0.2, -0.15) is 0 Å². The van der Waals surface area contributed by atoms with E-state index in [2.05, 4.69) is 6.58 Å². The highest BCUT2D eigenvalue weighted by Crippen LogP contribution is 2.27. The molecule has 2 rings (SSSR count). The van der Waals surface area contributed by atoms with Crippen LogP contribution in [0.2, 0.25) is 0 Å². The number of methoxy groups -OCH3 is 1. The van der Waals surface area contributed by atoms with E-state index in [1.165, 1.54) is 0 Å². The van der Waals surface area contributed by atoms with Crippen LogP contribution in [0.5, 0.6) is 0 Å². The fourth-order valence-corrected chi connectivity index (χ4v) is 2.33. The number of benzene rings is 1. The second-order valence-corrected chi connectivity index (χ2v) is 4.50. The third-order valence-corrected chi connectivity index (χ3v) is 3.27. The van der Waals surface area contributed by atoms with Gasteiger partial charge in [-0.1, -0.05) is 36.4 Å². The topological polar surface area (TPSA) is 27.7 Å². The maximum Gasteiger partial charge on any atom is 0.116 e. The maximum absolute atomic E-state index is 5.95. The van der Waals surface area contributed by atoms with Gasteiger partial charge in [0, 0.05) is 7.11 Å². The van der Waals surface area contributed by atoms with E-state index in [0.717, 1.165) is 5.56 Å². The van der Waals surface area contributed by atoms with E-state index < -0.39 is 0 Å². The normalized spacial score (nSPS) is 31.4. The van der Waals surface area contributed by atoms with Crippen molar-refractivity contribution in [2.75, 3.05) is 7.11 Å². The van der Waals surface area contributed by atoms with Crippen molar-refractivity contribution in [1.82, 2.24) is 0 Å². The van der Waals surface area contributed by atoms with E-state index >= 15 is 0 Å². The van der Waals surface area contributed by atoms with Gasteiger partial charge in [0.25, 0.3) is 0 Å². The molecule has 0 N–H and O–H groups in total. The molecular formula is C15H20O3. The van der Waals surface area contributed by atoms with Gasteiger partial charge in [-0.15, -0.1) is 6.58 Å². The molecule has 3 heteroatoms. The van der Waals surface area contributed by atoms with Gasteiger partial charge >= 0.3 is 0 Å².